The van der Waals surface area contributed by atoms with Crippen molar-refractivity contribution in [1.82, 2.24) is 25.4 Å². The van der Waals surface area contributed by atoms with Gasteiger partial charge < -0.3 is 20.1 Å². The summed E-state index contributed by atoms with van der Waals surface area (Å²) in [6.45, 7) is 6.76. The van der Waals surface area contributed by atoms with Gasteiger partial charge in [-0.15, -0.1) is 34.2 Å². The molecule has 1 atom stereocenters. The first-order chi connectivity index (χ1) is 14.6. The van der Waals surface area contributed by atoms with E-state index in [9.17, 15) is 0 Å². The van der Waals surface area contributed by atoms with Crippen molar-refractivity contribution in [2.24, 2.45) is 12.0 Å². The Bertz CT molecular complexity index is 855. The van der Waals surface area contributed by atoms with E-state index in [1.54, 1.807) is 0 Å². The van der Waals surface area contributed by atoms with Gasteiger partial charge in [-0.05, 0) is 51.7 Å². The molecule has 1 aliphatic heterocycles. The third-order valence-corrected chi connectivity index (χ3v) is 6.42. The van der Waals surface area contributed by atoms with Crippen LogP contribution in [0.25, 0.3) is 0 Å². The Morgan fingerprint density at radius 1 is 1.00 bits per heavy atom. The topological polar surface area (TPSA) is 70.4 Å². The summed E-state index contributed by atoms with van der Waals surface area (Å²) < 4.78 is 2.01. The molecule has 1 aromatic heterocycles. The molecule has 1 saturated heterocycles. The number of aliphatic imine (C=N–C) groups is 1. The van der Waals surface area contributed by atoms with Gasteiger partial charge in [-0.25, -0.2) is 4.99 Å². The van der Waals surface area contributed by atoms with E-state index in [1.165, 1.54) is 43.4 Å². The van der Waals surface area contributed by atoms with Gasteiger partial charge in [0.1, 0.15) is 12.4 Å². The maximum Gasteiger partial charge on any atom is 0.192 e. The monoisotopic (exact) mass is 537 g/mol. The number of halogens is 1. The second-order valence-corrected chi connectivity index (χ2v) is 8.78. The molecule has 0 radical (unpaired) electrons. The van der Waals surface area contributed by atoms with Crippen LogP contribution in [0.3, 0.4) is 0 Å². The molecular formula is C23H36IN7. The highest BCUT2D eigenvalue weighted by molar-refractivity contribution is 14.0. The molecule has 0 spiro atoms. The number of hydrogen-bond donors (Lipinski definition) is 2. The first kappa shape index (κ1) is 23.8. The van der Waals surface area contributed by atoms with Crippen molar-refractivity contribution in [3.05, 3.63) is 41.5 Å². The summed E-state index contributed by atoms with van der Waals surface area (Å²) in [5.74, 6) is 2.72. The zero-order valence-electron chi connectivity index (χ0n) is 19.0. The van der Waals surface area contributed by atoms with E-state index < -0.39 is 0 Å². The maximum absolute atomic E-state index is 4.89. The number of aryl methyl sites for hydroxylation is 2. The van der Waals surface area contributed by atoms with E-state index >= 15 is 0 Å². The Balaban J connectivity index is 0.00000272. The van der Waals surface area contributed by atoms with Gasteiger partial charge in [0, 0.05) is 37.9 Å². The molecule has 0 amide bonds. The number of aromatic nitrogens is 3. The van der Waals surface area contributed by atoms with Gasteiger partial charge in [0.2, 0.25) is 0 Å². The third-order valence-electron chi connectivity index (χ3n) is 6.42. The highest BCUT2D eigenvalue weighted by Gasteiger charge is 2.23. The minimum atomic E-state index is 0. The Kier molecular flexibility index (Phi) is 8.57. The fraction of sp³-hybridized carbons (Fsp3) is 0.609. The molecule has 0 bridgehead atoms. The third kappa shape index (κ3) is 6.33. The van der Waals surface area contributed by atoms with Gasteiger partial charge in [-0.2, -0.15) is 0 Å². The van der Waals surface area contributed by atoms with Gasteiger partial charge in [0.25, 0.3) is 0 Å². The highest BCUT2D eigenvalue weighted by atomic mass is 127. The molecule has 170 valence electrons. The summed E-state index contributed by atoms with van der Waals surface area (Å²) in [5.41, 5.74) is 2.61. The van der Waals surface area contributed by atoms with Crippen LogP contribution in [-0.4, -0.2) is 45.9 Å². The quantitative estimate of drug-likeness (QED) is 0.346. The van der Waals surface area contributed by atoms with Gasteiger partial charge in [-0.1, -0.05) is 30.5 Å². The Morgan fingerprint density at radius 3 is 2.35 bits per heavy atom. The number of nitrogens with one attached hydrogen (secondary N) is 2. The average Bonchev–Trinajstić information content (AvgIpc) is 3.37. The van der Waals surface area contributed by atoms with Gasteiger partial charge in [0.15, 0.2) is 11.8 Å². The van der Waals surface area contributed by atoms with Crippen LogP contribution < -0.4 is 15.5 Å². The number of anilines is 1. The molecule has 2 aliphatic rings. The second-order valence-electron chi connectivity index (χ2n) is 8.78. The van der Waals surface area contributed by atoms with Crippen molar-refractivity contribution in [2.75, 3.05) is 18.0 Å². The van der Waals surface area contributed by atoms with Crippen LogP contribution in [-0.2, 0) is 13.6 Å². The Labute approximate surface area is 203 Å². The first-order valence-corrected chi connectivity index (χ1v) is 11.3. The molecule has 31 heavy (non-hydrogen) atoms. The fourth-order valence-corrected chi connectivity index (χ4v) is 4.41. The second kappa shape index (κ2) is 11.2. The number of guanidine groups is 1. The van der Waals surface area contributed by atoms with Gasteiger partial charge >= 0.3 is 0 Å². The van der Waals surface area contributed by atoms with E-state index in [0.717, 1.165) is 37.1 Å². The summed E-state index contributed by atoms with van der Waals surface area (Å²) in [6.07, 6.45) is 7.41. The van der Waals surface area contributed by atoms with Crippen molar-refractivity contribution in [3.8, 4) is 0 Å². The molecule has 1 unspecified atom stereocenters. The van der Waals surface area contributed by atoms with Gasteiger partial charge in [-0.3, -0.25) is 0 Å². The lowest BCUT2D eigenvalue weighted by molar-refractivity contribution is 0.463. The van der Waals surface area contributed by atoms with Crippen LogP contribution in [0.4, 0.5) is 5.69 Å². The van der Waals surface area contributed by atoms with E-state index in [-0.39, 0.29) is 24.0 Å². The van der Waals surface area contributed by atoms with E-state index in [2.05, 4.69) is 56.9 Å². The smallest absolute Gasteiger partial charge is 0.192 e. The number of hydrogen-bond acceptors (Lipinski definition) is 4. The molecular weight excluding hydrogens is 501 g/mol. The summed E-state index contributed by atoms with van der Waals surface area (Å²) in [5, 5.41) is 15.8. The Morgan fingerprint density at radius 2 is 1.68 bits per heavy atom. The van der Waals surface area contributed by atoms with Crippen molar-refractivity contribution in [2.45, 2.75) is 71.0 Å². The van der Waals surface area contributed by atoms with Crippen molar-refractivity contribution in [3.63, 3.8) is 0 Å². The normalized spacial score (nSPS) is 19.9. The molecule has 2 N–H and O–H groups in total. The van der Waals surface area contributed by atoms with E-state index in [0.29, 0.717) is 18.6 Å². The molecule has 4 rings (SSSR count). The van der Waals surface area contributed by atoms with Crippen LogP contribution in [0, 0.1) is 13.8 Å². The lowest BCUT2D eigenvalue weighted by atomic mass is 10.0. The maximum atomic E-state index is 4.89. The van der Waals surface area contributed by atoms with E-state index in [4.69, 9.17) is 4.99 Å². The summed E-state index contributed by atoms with van der Waals surface area (Å²) in [6, 6.07) is 9.77. The summed E-state index contributed by atoms with van der Waals surface area (Å²) in [7, 11) is 2.00. The molecule has 2 heterocycles. The molecule has 1 aliphatic carbocycles. The minimum absolute atomic E-state index is 0. The van der Waals surface area contributed by atoms with Crippen LogP contribution in [0.5, 0.6) is 0 Å². The Hall–Kier alpha value is -1.84. The predicted molar refractivity (Wildman–Crippen MR) is 137 cm³/mol. The fourth-order valence-electron chi connectivity index (χ4n) is 4.41. The first-order valence-electron chi connectivity index (χ1n) is 11.3. The van der Waals surface area contributed by atoms with Crippen molar-refractivity contribution >= 4 is 35.6 Å². The lowest BCUT2D eigenvalue weighted by Gasteiger charge is -2.36. The molecule has 7 nitrogen and oxygen atoms in total. The van der Waals surface area contributed by atoms with Crippen molar-refractivity contribution < 1.29 is 0 Å². The summed E-state index contributed by atoms with van der Waals surface area (Å²) >= 11 is 0. The molecule has 2 aromatic rings. The van der Waals surface area contributed by atoms with Crippen LogP contribution >= 0.6 is 24.0 Å². The number of piperidine rings is 1. The highest BCUT2D eigenvalue weighted by Crippen LogP contribution is 2.21. The number of nitrogens with zero attached hydrogens (tertiary/aromatic N) is 5. The number of benzene rings is 1. The molecule has 2 fully saturated rings. The van der Waals surface area contributed by atoms with Gasteiger partial charge in [0.05, 0.1) is 0 Å². The largest absolute Gasteiger partial charge is 0.369 e. The summed E-state index contributed by atoms with van der Waals surface area (Å²) in [4.78, 5) is 7.37. The van der Waals surface area contributed by atoms with Crippen LogP contribution in [0.1, 0.15) is 55.7 Å². The molecule has 1 aromatic carbocycles. The zero-order valence-corrected chi connectivity index (χ0v) is 21.3. The zero-order chi connectivity index (χ0) is 20.9. The average molecular weight is 537 g/mol. The number of rotatable bonds is 5. The lowest BCUT2D eigenvalue weighted by Crippen LogP contribution is -2.52. The van der Waals surface area contributed by atoms with Crippen LogP contribution in [0.15, 0.2) is 29.3 Å². The predicted octanol–water partition coefficient (Wildman–Crippen LogP) is 3.70. The van der Waals surface area contributed by atoms with Crippen LogP contribution in [0.2, 0.25) is 0 Å². The van der Waals surface area contributed by atoms with Crippen molar-refractivity contribution in [1.29, 1.82) is 0 Å². The standard InChI is InChI=1S/C23H35N7.HI/c1-17-10-12-21(13-11-17)30-14-6-9-20(16-30)26-23(25-19-7-4-5-8-19)24-15-22-28-27-18(2)29(22)3;/h10-13,19-20H,4-9,14-16H2,1-3H3,(H2,24,25,26);1H. The molecule has 8 heteroatoms. The molecule has 1 saturated carbocycles. The minimum Gasteiger partial charge on any atom is -0.369 e. The van der Waals surface area contributed by atoms with E-state index in [1.807, 2.05) is 18.5 Å². The SMILES string of the molecule is Cc1ccc(N2CCCC(NC(=NCc3nnc(C)n3C)NC3CCCC3)C2)cc1.I.